The number of ether oxygens (including phenoxy) is 3. The van der Waals surface area contributed by atoms with E-state index in [1.54, 1.807) is 32.3 Å². The fourth-order valence-electron chi connectivity index (χ4n) is 3.24. The first kappa shape index (κ1) is 17.9. The third-order valence-electron chi connectivity index (χ3n) is 4.59. The van der Waals surface area contributed by atoms with Crippen molar-refractivity contribution in [1.29, 1.82) is 0 Å². The average Bonchev–Trinajstić information content (AvgIpc) is 3.11. The molecule has 26 heavy (non-hydrogen) atoms. The monoisotopic (exact) mass is 356 g/mol. The van der Waals surface area contributed by atoms with E-state index in [4.69, 9.17) is 14.2 Å². The van der Waals surface area contributed by atoms with Gasteiger partial charge in [-0.25, -0.2) is 4.79 Å². The largest absolute Gasteiger partial charge is 0.496 e. The van der Waals surface area contributed by atoms with Crippen LogP contribution in [0.2, 0.25) is 0 Å². The van der Waals surface area contributed by atoms with Crippen LogP contribution in [0.5, 0.6) is 17.2 Å². The summed E-state index contributed by atoms with van der Waals surface area (Å²) >= 11 is 0. The minimum Gasteiger partial charge on any atom is -0.496 e. The number of para-hydroxylation sites is 1. The van der Waals surface area contributed by atoms with E-state index < -0.39 is 0 Å². The zero-order valence-electron chi connectivity index (χ0n) is 15.4. The zero-order chi connectivity index (χ0) is 18.5. The predicted molar refractivity (Wildman–Crippen MR) is 101 cm³/mol. The number of benzene rings is 2. The smallest absolute Gasteiger partial charge is 0.321 e. The van der Waals surface area contributed by atoms with Crippen molar-refractivity contribution in [3.8, 4) is 17.2 Å². The first-order valence-corrected chi connectivity index (χ1v) is 8.60. The Bertz CT molecular complexity index is 791. The van der Waals surface area contributed by atoms with E-state index in [1.807, 2.05) is 24.3 Å². The number of carbonyl (C=O) groups is 1. The van der Waals surface area contributed by atoms with E-state index in [9.17, 15) is 4.79 Å². The van der Waals surface area contributed by atoms with Gasteiger partial charge in [-0.3, -0.25) is 4.90 Å². The quantitative estimate of drug-likeness (QED) is 0.864. The van der Waals surface area contributed by atoms with Gasteiger partial charge in [0.05, 0.1) is 21.3 Å². The Labute approximate surface area is 153 Å². The number of methoxy groups -OCH3 is 3. The van der Waals surface area contributed by atoms with Crippen LogP contribution < -0.4 is 24.4 Å². The fraction of sp³-hybridized carbons (Fsp3) is 0.350. The molecule has 1 aliphatic rings. The topological polar surface area (TPSA) is 60.0 Å². The molecule has 0 saturated carbocycles. The second kappa shape index (κ2) is 7.99. The van der Waals surface area contributed by atoms with Crippen LogP contribution in [-0.4, -0.2) is 40.5 Å². The van der Waals surface area contributed by atoms with Crippen LogP contribution in [0.25, 0.3) is 0 Å². The minimum atomic E-state index is -0.0746. The van der Waals surface area contributed by atoms with Crippen molar-refractivity contribution in [3.63, 3.8) is 0 Å². The molecule has 0 fully saturated rings. The Kier molecular flexibility index (Phi) is 5.51. The highest BCUT2D eigenvalue weighted by Crippen LogP contribution is 2.34. The number of anilines is 1. The highest BCUT2D eigenvalue weighted by Gasteiger charge is 2.23. The van der Waals surface area contributed by atoms with Gasteiger partial charge in [0.25, 0.3) is 0 Å². The van der Waals surface area contributed by atoms with Gasteiger partial charge in [-0.15, -0.1) is 0 Å². The standard InChI is InChI=1S/C20H24N2O4/c1-24-17-13-19(26-3)18(25-2)12-15(17)8-10-21-20(23)22-11-9-14-6-4-5-7-16(14)22/h4-7,12-13H,8-11H2,1-3H3,(H,21,23). The van der Waals surface area contributed by atoms with Crippen LogP contribution in [0.1, 0.15) is 11.1 Å². The Morgan fingerprint density at radius 2 is 1.73 bits per heavy atom. The molecule has 0 radical (unpaired) electrons. The summed E-state index contributed by atoms with van der Waals surface area (Å²) in [5.74, 6) is 1.97. The molecule has 1 heterocycles. The van der Waals surface area contributed by atoms with E-state index in [1.165, 1.54) is 5.56 Å². The van der Waals surface area contributed by atoms with E-state index in [-0.39, 0.29) is 6.03 Å². The van der Waals surface area contributed by atoms with Crippen LogP contribution >= 0.6 is 0 Å². The molecule has 0 aromatic heterocycles. The summed E-state index contributed by atoms with van der Waals surface area (Å²) in [5.41, 5.74) is 3.16. The molecule has 0 atom stereocenters. The van der Waals surface area contributed by atoms with Gasteiger partial charge >= 0.3 is 6.03 Å². The van der Waals surface area contributed by atoms with Crippen molar-refractivity contribution in [1.82, 2.24) is 5.32 Å². The van der Waals surface area contributed by atoms with Crippen molar-refractivity contribution in [2.45, 2.75) is 12.8 Å². The maximum absolute atomic E-state index is 12.5. The Hall–Kier alpha value is -2.89. The van der Waals surface area contributed by atoms with Crippen molar-refractivity contribution < 1.29 is 19.0 Å². The molecule has 0 unspecified atom stereocenters. The highest BCUT2D eigenvalue weighted by molar-refractivity contribution is 5.94. The summed E-state index contributed by atoms with van der Waals surface area (Å²) in [6, 6.07) is 11.6. The van der Waals surface area contributed by atoms with E-state index >= 15 is 0 Å². The summed E-state index contributed by atoms with van der Waals surface area (Å²) in [5, 5.41) is 2.99. The molecule has 3 rings (SSSR count). The average molecular weight is 356 g/mol. The number of carbonyl (C=O) groups excluding carboxylic acids is 1. The van der Waals surface area contributed by atoms with Gasteiger partial charge in [0.1, 0.15) is 5.75 Å². The van der Waals surface area contributed by atoms with Gasteiger partial charge < -0.3 is 19.5 Å². The lowest BCUT2D eigenvalue weighted by molar-refractivity contribution is 0.247. The van der Waals surface area contributed by atoms with Crippen molar-refractivity contribution in [2.75, 3.05) is 39.3 Å². The molecule has 0 saturated heterocycles. The molecule has 6 heteroatoms. The van der Waals surface area contributed by atoms with Gasteiger partial charge in [-0.05, 0) is 36.1 Å². The normalized spacial score (nSPS) is 12.5. The van der Waals surface area contributed by atoms with Gasteiger partial charge in [0.2, 0.25) is 0 Å². The second-order valence-electron chi connectivity index (χ2n) is 6.03. The first-order valence-electron chi connectivity index (χ1n) is 8.60. The molecule has 0 spiro atoms. The molecule has 0 bridgehead atoms. The van der Waals surface area contributed by atoms with Crippen molar-refractivity contribution in [2.24, 2.45) is 0 Å². The molecule has 1 aliphatic heterocycles. The number of amides is 2. The van der Waals surface area contributed by atoms with Gasteiger partial charge in [-0.2, -0.15) is 0 Å². The van der Waals surface area contributed by atoms with E-state index in [0.717, 1.165) is 17.7 Å². The Morgan fingerprint density at radius 1 is 1.04 bits per heavy atom. The van der Waals surface area contributed by atoms with Gasteiger partial charge in [-0.1, -0.05) is 18.2 Å². The summed E-state index contributed by atoms with van der Waals surface area (Å²) in [4.78, 5) is 14.3. The molecule has 6 nitrogen and oxygen atoms in total. The molecule has 2 aromatic carbocycles. The number of nitrogens with zero attached hydrogens (tertiary/aromatic N) is 1. The predicted octanol–water partition coefficient (Wildman–Crippen LogP) is 3.03. The third kappa shape index (κ3) is 3.54. The number of urea groups is 1. The molecular weight excluding hydrogens is 332 g/mol. The molecule has 138 valence electrons. The summed E-state index contributed by atoms with van der Waals surface area (Å²) < 4.78 is 16.1. The molecule has 2 aromatic rings. The van der Waals surface area contributed by atoms with Crippen LogP contribution in [-0.2, 0) is 12.8 Å². The maximum atomic E-state index is 12.5. The van der Waals surface area contributed by atoms with Gasteiger partial charge in [0, 0.05) is 24.8 Å². The fourth-order valence-corrected chi connectivity index (χ4v) is 3.24. The summed E-state index contributed by atoms with van der Waals surface area (Å²) in [6.07, 6.45) is 1.53. The van der Waals surface area contributed by atoms with Crippen LogP contribution in [0.4, 0.5) is 10.5 Å². The summed E-state index contributed by atoms with van der Waals surface area (Å²) in [6.45, 7) is 1.22. The van der Waals surface area contributed by atoms with Crippen LogP contribution in [0.3, 0.4) is 0 Å². The second-order valence-corrected chi connectivity index (χ2v) is 6.03. The maximum Gasteiger partial charge on any atom is 0.321 e. The lowest BCUT2D eigenvalue weighted by atomic mass is 10.1. The number of nitrogens with one attached hydrogen (secondary N) is 1. The Morgan fingerprint density at radius 3 is 2.46 bits per heavy atom. The van der Waals surface area contributed by atoms with E-state index in [0.29, 0.717) is 36.8 Å². The molecule has 2 amide bonds. The first-order chi connectivity index (χ1) is 12.7. The van der Waals surface area contributed by atoms with Gasteiger partial charge in [0.15, 0.2) is 11.5 Å². The number of fused-ring (bicyclic) bond motifs is 1. The molecule has 1 N–H and O–H groups in total. The third-order valence-corrected chi connectivity index (χ3v) is 4.59. The number of hydrogen-bond acceptors (Lipinski definition) is 4. The molecule has 0 aliphatic carbocycles. The number of hydrogen-bond donors (Lipinski definition) is 1. The minimum absolute atomic E-state index is 0.0746. The highest BCUT2D eigenvalue weighted by atomic mass is 16.5. The van der Waals surface area contributed by atoms with Crippen LogP contribution in [0, 0.1) is 0 Å². The Balaban J connectivity index is 1.64. The van der Waals surface area contributed by atoms with Crippen molar-refractivity contribution >= 4 is 11.7 Å². The zero-order valence-corrected chi connectivity index (χ0v) is 15.4. The van der Waals surface area contributed by atoms with Crippen LogP contribution in [0.15, 0.2) is 36.4 Å². The number of rotatable bonds is 6. The molecular formula is C20H24N2O4. The summed E-state index contributed by atoms with van der Waals surface area (Å²) in [7, 11) is 4.80. The lowest BCUT2D eigenvalue weighted by Crippen LogP contribution is -2.39. The lowest BCUT2D eigenvalue weighted by Gasteiger charge is -2.19. The SMILES string of the molecule is COc1cc(OC)c(OC)cc1CCNC(=O)N1CCc2ccccc21. The van der Waals surface area contributed by atoms with E-state index in [2.05, 4.69) is 11.4 Å². The van der Waals surface area contributed by atoms with Crippen molar-refractivity contribution in [3.05, 3.63) is 47.5 Å².